The van der Waals surface area contributed by atoms with Crippen molar-refractivity contribution in [1.82, 2.24) is 15.0 Å². The number of aromatic nitrogens is 3. The van der Waals surface area contributed by atoms with Crippen LogP contribution in [-0.4, -0.2) is 15.0 Å². The monoisotopic (exact) mass is 800 g/mol. The van der Waals surface area contributed by atoms with Crippen molar-refractivity contribution >= 4 is 0 Å². The Balaban J connectivity index is 1.11. The van der Waals surface area contributed by atoms with Crippen LogP contribution in [0.3, 0.4) is 0 Å². The van der Waals surface area contributed by atoms with Gasteiger partial charge in [-0.1, -0.05) is 178 Å². The molecule has 3 aliphatic carbocycles. The SMILES string of the molecule is C[C@@H]1C[C@@H]2C[C@H](C)CC(c3ccc(-c4nc(-c5ccc(-c6ccccc6)cc5)nc(-c5cccc6c5-c5ccc(C#N)cc5C6(c5ccccc5)c5ccccc5)n4)cc3)(C1)C2. The minimum Gasteiger partial charge on any atom is -0.208 e. The second-order valence-corrected chi connectivity index (χ2v) is 18.3. The van der Waals surface area contributed by atoms with Crippen molar-refractivity contribution in [3.05, 3.63) is 209 Å². The molecule has 0 aliphatic heterocycles. The molecule has 8 aromatic rings. The van der Waals surface area contributed by atoms with Crippen molar-refractivity contribution in [2.75, 3.05) is 0 Å². The quantitative estimate of drug-likeness (QED) is 0.161. The van der Waals surface area contributed by atoms with Crippen LogP contribution < -0.4 is 0 Å². The fourth-order valence-corrected chi connectivity index (χ4v) is 12.0. The van der Waals surface area contributed by atoms with Gasteiger partial charge in [-0.15, -0.1) is 0 Å². The van der Waals surface area contributed by atoms with Gasteiger partial charge in [0.1, 0.15) is 0 Å². The number of rotatable bonds is 7. The second kappa shape index (κ2) is 15.2. The molecular weight excluding hydrogens is 753 g/mol. The normalized spacial score (nSPS) is 20.8. The average molecular weight is 801 g/mol. The summed E-state index contributed by atoms with van der Waals surface area (Å²) >= 11 is 0. The van der Waals surface area contributed by atoms with Crippen LogP contribution in [0.15, 0.2) is 176 Å². The lowest BCUT2D eigenvalue weighted by Gasteiger charge is -2.50. The van der Waals surface area contributed by atoms with Crippen LogP contribution in [0.5, 0.6) is 0 Å². The molecule has 300 valence electrons. The molecule has 62 heavy (non-hydrogen) atoms. The van der Waals surface area contributed by atoms with Gasteiger partial charge in [0.05, 0.1) is 17.0 Å². The van der Waals surface area contributed by atoms with Gasteiger partial charge in [0, 0.05) is 16.7 Å². The average Bonchev–Trinajstić information content (AvgIpc) is 3.62. The molecule has 2 bridgehead atoms. The number of hydrogen-bond acceptors (Lipinski definition) is 4. The smallest absolute Gasteiger partial charge is 0.164 e. The van der Waals surface area contributed by atoms with Crippen LogP contribution in [0.2, 0.25) is 0 Å². The van der Waals surface area contributed by atoms with E-state index in [-0.39, 0.29) is 5.41 Å². The van der Waals surface area contributed by atoms with Crippen molar-refractivity contribution in [2.24, 2.45) is 17.8 Å². The Morgan fingerprint density at radius 1 is 0.468 bits per heavy atom. The Morgan fingerprint density at radius 3 is 1.60 bits per heavy atom. The Bertz CT molecular complexity index is 2910. The zero-order valence-corrected chi connectivity index (χ0v) is 35.3. The predicted molar refractivity (Wildman–Crippen MR) is 250 cm³/mol. The maximum atomic E-state index is 10.3. The molecule has 0 saturated heterocycles. The summed E-state index contributed by atoms with van der Waals surface area (Å²) in [7, 11) is 0. The molecule has 3 aliphatic rings. The molecule has 0 N–H and O–H groups in total. The van der Waals surface area contributed by atoms with Crippen LogP contribution in [0.1, 0.15) is 79.3 Å². The van der Waals surface area contributed by atoms with E-state index in [2.05, 4.69) is 184 Å². The van der Waals surface area contributed by atoms with Crippen molar-refractivity contribution in [1.29, 1.82) is 5.26 Å². The van der Waals surface area contributed by atoms with E-state index in [0.29, 0.717) is 23.0 Å². The highest BCUT2D eigenvalue weighted by atomic mass is 15.0. The van der Waals surface area contributed by atoms with Gasteiger partial charge in [-0.3, -0.25) is 0 Å². The van der Waals surface area contributed by atoms with Gasteiger partial charge >= 0.3 is 0 Å². The Hall–Kier alpha value is -6.96. The lowest BCUT2D eigenvalue weighted by molar-refractivity contribution is 0.0780. The summed E-state index contributed by atoms with van der Waals surface area (Å²) in [5.74, 6) is 4.21. The van der Waals surface area contributed by atoms with Gasteiger partial charge < -0.3 is 0 Å². The van der Waals surface area contributed by atoms with Crippen LogP contribution in [0.25, 0.3) is 56.4 Å². The fraction of sp³-hybridized carbons (Fsp3) is 0.207. The summed E-state index contributed by atoms with van der Waals surface area (Å²) < 4.78 is 0. The highest BCUT2D eigenvalue weighted by Gasteiger charge is 2.48. The molecule has 11 rings (SSSR count). The molecule has 1 unspecified atom stereocenters. The maximum Gasteiger partial charge on any atom is 0.164 e. The van der Waals surface area contributed by atoms with Crippen LogP contribution >= 0.6 is 0 Å². The van der Waals surface area contributed by atoms with E-state index >= 15 is 0 Å². The molecule has 1 aromatic heterocycles. The van der Waals surface area contributed by atoms with Crippen molar-refractivity contribution in [2.45, 2.75) is 56.8 Å². The summed E-state index contributed by atoms with van der Waals surface area (Å²) in [4.78, 5) is 16.0. The van der Waals surface area contributed by atoms with E-state index in [0.717, 1.165) is 73.4 Å². The van der Waals surface area contributed by atoms with E-state index < -0.39 is 5.41 Å². The first-order chi connectivity index (χ1) is 30.4. The molecule has 7 aromatic carbocycles. The number of benzene rings is 7. The highest BCUT2D eigenvalue weighted by molar-refractivity contribution is 5.95. The van der Waals surface area contributed by atoms with Crippen molar-refractivity contribution in [3.63, 3.8) is 0 Å². The Kier molecular flexibility index (Phi) is 9.31. The topological polar surface area (TPSA) is 62.5 Å². The van der Waals surface area contributed by atoms with Gasteiger partial charge in [0.25, 0.3) is 0 Å². The van der Waals surface area contributed by atoms with E-state index in [9.17, 15) is 5.26 Å². The van der Waals surface area contributed by atoms with Crippen LogP contribution in [0.4, 0.5) is 0 Å². The third kappa shape index (κ3) is 6.30. The molecule has 4 heteroatoms. The summed E-state index contributed by atoms with van der Waals surface area (Å²) in [6.45, 7) is 4.91. The minimum absolute atomic E-state index is 0.238. The molecule has 1 heterocycles. The largest absolute Gasteiger partial charge is 0.208 e. The van der Waals surface area contributed by atoms with Crippen molar-refractivity contribution < 1.29 is 0 Å². The predicted octanol–water partition coefficient (Wildman–Crippen LogP) is 13.9. The van der Waals surface area contributed by atoms with Gasteiger partial charge in [-0.2, -0.15) is 5.26 Å². The summed E-state index contributed by atoms with van der Waals surface area (Å²) in [5.41, 5.74) is 13.4. The van der Waals surface area contributed by atoms with E-state index in [1.54, 1.807) is 0 Å². The second-order valence-electron chi connectivity index (χ2n) is 18.3. The Labute approximate surface area is 365 Å². The molecule has 0 spiro atoms. The number of nitrogens with zero attached hydrogens (tertiary/aromatic N) is 4. The molecule has 4 nitrogen and oxygen atoms in total. The Morgan fingerprint density at radius 2 is 1.00 bits per heavy atom. The molecule has 2 saturated carbocycles. The van der Waals surface area contributed by atoms with Gasteiger partial charge in [0.15, 0.2) is 17.5 Å². The van der Waals surface area contributed by atoms with Crippen molar-refractivity contribution in [3.8, 4) is 62.5 Å². The third-order valence-electron chi connectivity index (χ3n) is 14.2. The first-order valence-corrected chi connectivity index (χ1v) is 22.2. The standard InChI is InChI=1S/C58H48N4/c1-38-31-41-32-39(2)35-57(34-38,36-41)46-28-26-45(27-29-46)55-60-54(44-24-22-43(23-25-44)42-13-6-3-7-14-42)61-56(62-55)50-19-12-20-51-53(50)49-30-21-40(37-59)33-52(49)58(51,47-15-8-4-9-16-47)48-17-10-5-11-18-48/h3-30,33,38-39,41H,31-32,34-36H2,1-2H3/t38-,39+,41-,57?. The highest BCUT2D eigenvalue weighted by Crippen LogP contribution is 2.58. The van der Waals surface area contributed by atoms with E-state index in [4.69, 9.17) is 15.0 Å². The molecule has 4 atom stereocenters. The lowest BCUT2D eigenvalue weighted by atomic mass is 9.54. The molecule has 0 radical (unpaired) electrons. The molecular formula is C58H48N4. The summed E-state index contributed by atoms with van der Waals surface area (Å²) in [5, 5.41) is 10.3. The van der Waals surface area contributed by atoms with Gasteiger partial charge in [0.2, 0.25) is 0 Å². The zero-order valence-electron chi connectivity index (χ0n) is 35.3. The zero-order chi connectivity index (χ0) is 41.8. The first kappa shape index (κ1) is 38.0. The maximum absolute atomic E-state index is 10.3. The molecule has 0 amide bonds. The summed E-state index contributed by atoms with van der Waals surface area (Å²) in [6, 6.07) is 64.8. The fourth-order valence-electron chi connectivity index (χ4n) is 12.0. The first-order valence-electron chi connectivity index (χ1n) is 22.2. The number of hydrogen-bond donors (Lipinski definition) is 0. The van der Waals surface area contributed by atoms with E-state index in [1.807, 2.05) is 12.1 Å². The van der Waals surface area contributed by atoms with Gasteiger partial charge in [-0.25, -0.2) is 15.0 Å². The summed E-state index contributed by atoms with van der Waals surface area (Å²) in [6.07, 6.45) is 6.53. The molecule has 2 fully saturated rings. The third-order valence-corrected chi connectivity index (χ3v) is 14.2. The van der Waals surface area contributed by atoms with Gasteiger partial charge in [-0.05, 0) is 117 Å². The lowest BCUT2D eigenvalue weighted by Crippen LogP contribution is -2.42. The number of nitriles is 1. The number of fused-ring (bicyclic) bond motifs is 5. The van der Waals surface area contributed by atoms with Crippen LogP contribution in [0, 0.1) is 29.1 Å². The minimum atomic E-state index is -0.677. The van der Waals surface area contributed by atoms with Crippen LogP contribution in [-0.2, 0) is 10.8 Å². The van der Waals surface area contributed by atoms with E-state index in [1.165, 1.54) is 43.2 Å².